The second-order valence-corrected chi connectivity index (χ2v) is 11.2. The molecule has 2 N–H and O–H groups in total. The Morgan fingerprint density at radius 2 is 1.97 bits per heavy atom. The van der Waals surface area contributed by atoms with Gasteiger partial charge in [0.1, 0.15) is 16.9 Å². The van der Waals surface area contributed by atoms with Gasteiger partial charge in [-0.2, -0.15) is 10.5 Å². The highest BCUT2D eigenvalue weighted by Gasteiger charge is 2.45. The number of carbonyl (C=O) groups excluding carboxylic acids is 1. The molecule has 0 aromatic carbocycles. The van der Waals surface area contributed by atoms with Crippen LogP contribution in [0, 0.1) is 28.1 Å². The summed E-state index contributed by atoms with van der Waals surface area (Å²) in [7, 11) is 0. The summed E-state index contributed by atoms with van der Waals surface area (Å²) in [6.07, 6.45) is 9.59. The number of nitriles is 2. The molecule has 0 unspecified atom stereocenters. The first-order valence-electron chi connectivity index (χ1n) is 11.8. The van der Waals surface area contributed by atoms with Crippen LogP contribution >= 0.6 is 11.3 Å². The largest absolute Gasteiger partial charge is 0.384 e. The van der Waals surface area contributed by atoms with E-state index in [1.54, 1.807) is 23.7 Å². The molecule has 172 valence electrons. The number of thiophene rings is 1. The molecule has 7 heteroatoms. The standard InChI is InChI=1S/C27H27N5OS/c1-27(2)11-20-24(21(33)12-27)23(16-7-6-10-31-15-16)19(14-29)25(30)32(20)26-18(13-28)17-8-4-3-5-9-22(17)34-26/h6-7,10,15,23H,3-5,8-9,11-12,30H2,1-2H3/t23-/m1/s1. The molecule has 3 aliphatic rings. The van der Waals surface area contributed by atoms with Crippen molar-refractivity contribution in [3.63, 3.8) is 0 Å². The van der Waals surface area contributed by atoms with Crippen molar-refractivity contribution >= 4 is 22.1 Å². The molecule has 5 rings (SSSR count). The minimum absolute atomic E-state index is 0.0296. The van der Waals surface area contributed by atoms with E-state index < -0.39 is 5.92 Å². The Morgan fingerprint density at radius 3 is 2.68 bits per heavy atom. The first-order chi connectivity index (χ1) is 16.4. The summed E-state index contributed by atoms with van der Waals surface area (Å²) < 4.78 is 0. The van der Waals surface area contributed by atoms with Gasteiger partial charge in [0.05, 0.1) is 23.1 Å². The summed E-state index contributed by atoms with van der Waals surface area (Å²) in [6.45, 7) is 4.17. The second-order valence-electron chi connectivity index (χ2n) is 10.1. The van der Waals surface area contributed by atoms with Gasteiger partial charge in [-0.15, -0.1) is 11.3 Å². The zero-order valence-corrected chi connectivity index (χ0v) is 20.3. The average Bonchev–Trinajstić information content (AvgIpc) is 2.98. The van der Waals surface area contributed by atoms with Gasteiger partial charge in [0.15, 0.2) is 5.78 Å². The lowest BCUT2D eigenvalue weighted by atomic mass is 9.69. The van der Waals surface area contributed by atoms with Crippen LogP contribution in [0.5, 0.6) is 0 Å². The van der Waals surface area contributed by atoms with Crippen LogP contribution in [0.1, 0.15) is 73.4 Å². The van der Waals surface area contributed by atoms with E-state index in [0.29, 0.717) is 35.4 Å². The number of nitrogens with zero attached hydrogens (tertiary/aromatic N) is 4. The molecular formula is C27H27N5OS. The lowest BCUT2D eigenvalue weighted by Gasteiger charge is -2.43. The Hall–Kier alpha value is -3.42. The lowest BCUT2D eigenvalue weighted by molar-refractivity contribution is -0.118. The molecule has 0 saturated carbocycles. The molecule has 6 nitrogen and oxygen atoms in total. The first-order valence-corrected chi connectivity index (χ1v) is 12.6. The monoisotopic (exact) mass is 469 g/mol. The van der Waals surface area contributed by atoms with E-state index in [2.05, 4.69) is 31.0 Å². The molecule has 2 aromatic heterocycles. The molecule has 3 heterocycles. The van der Waals surface area contributed by atoms with Gasteiger partial charge in [-0.3, -0.25) is 14.7 Å². The third-order valence-corrected chi connectivity index (χ3v) is 8.39. The minimum Gasteiger partial charge on any atom is -0.384 e. The number of hydrogen-bond donors (Lipinski definition) is 1. The van der Waals surface area contributed by atoms with E-state index in [1.807, 2.05) is 17.0 Å². The molecule has 2 aliphatic carbocycles. The predicted molar refractivity (Wildman–Crippen MR) is 132 cm³/mol. The number of aromatic nitrogens is 1. The number of hydrogen-bond acceptors (Lipinski definition) is 7. The third kappa shape index (κ3) is 3.52. The fourth-order valence-electron chi connectivity index (χ4n) is 5.62. The van der Waals surface area contributed by atoms with Crippen LogP contribution < -0.4 is 10.6 Å². The summed E-state index contributed by atoms with van der Waals surface area (Å²) in [4.78, 5) is 21.0. The van der Waals surface area contributed by atoms with Crippen molar-refractivity contribution in [1.29, 1.82) is 10.5 Å². The van der Waals surface area contributed by atoms with Crippen LogP contribution in [0.25, 0.3) is 0 Å². The van der Waals surface area contributed by atoms with E-state index >= 15 is 0 Å². The maximum absolute atomic E-state index is 13.6. The number of allylic oxidation sites excluding steroid dienone is 3. The van der Waals surface area contributed by atoms with Crippen molar-refractivity contribution in [2.24, 2.45) is 11.1 Å². The van der Waals surface area contributed by atoms with Crippen LogP contribution in [0.15, 0.2) is 47.2 Å². The Kier molecular flexibility index (Phi) is 5.54. The van der Waals surface area contributed by atoms with Crippen LogP contribution in [0.3, 0.4) is 0 Å². The average molecular weight is 470 g/mol. The Morgan fingerprint density at radius 1 is 1.18 bits per heavy atom. The fraction of sp³-hybridized carbons (Fsp3) is 0.407. The van der Waals surface area contributed by atoms with E-state index in [4.69, 9.17) is 5.73 Å². The molecule has 0 radical (unpaired) electrons. The van der Waals surface area contributed by atoms with Gasteiger partial charge in [0.25, 0.3) is 0 Å². The molecule has 34 heavy (non-hydrogen) atoms. The number of rotatable bonds is 2. The number of carbonyl (C=O) groups is 1. The number of aryl methyl sites for hydroxylation is 1. The van der Waals surface area contributed by atoms with E-state index in [1.165, 1.54) is 4.88 Å². The second kappa shape index (κ2) is 8.42. The quantitative estimate of drug-likeness (QED) is 0.604. The van der Waals surface area contributed by atoms with Crippen molar-refractivity contribution in [2.45, 2.75) is 64.7 Å². The number of fused-ring (bicyclic) bond motifs is 1. The SMILES string of the molecule is CC1(C)CC(=O)C2=C(C1)N(c1sc3c(c1C#N)CCCCC3)C(N)=C(C#N)[C@H]2c1cccnc1. The smallest absolute Gasteiger partial charge is 0.162 e. The van der Waals surface area contributed by atoms with E-state index in [0.717, 1.165) is 53.9 Å². The number of ketones is 1. The Bertz CT molecular complexity index is 1320. The highest BCUT2D eigenvalue weighted by molar-refractivity contribution is 7.16. The van der Waals surface area contributed by atoms with Gasteiger partial charge < -0.3 is 5.73 Å². The molecule has 1 atom stereocenters. The number of pyridine rings is 1. The lowest BCUT2D eigenvalue weighted by Crippen LogP contribution is -2.42. The van der Waals surface area contributed by atoms with Crippen molar-refractivity contribution in [1.82, 2.24) is 4.98 Å². The number of Topliss-reactive ketones (excluding diaryl/α,β-unsaturated/α-hetero) is 1. The summed E-state index contributed by atoms with van der Waals surface area (Å²) in [5.41, 5.74) is 10.8. The predicted octanol–water partition coefficient (Wildman–Crippen LogP) is 5.22. The minimum atomic E-state index is -0.545. The summed E-state index contributed by atoms with van der Waals surface area (Å²) >= 11 is 1.60. The zero-order chi connectivity index (χ0) is 24.0. The van der Waals surface area contributed by atoms with Crippen molar-refractivity contribution < 1.29 is 4.79 Å². The van der Waals surface area contributed by atoms with Crippen LogP contribution in [-0.4, -0.2) is 10.8 Å². The molecule has 0 spiro atoms. The molecule has 0 fully saturated rings. The van der Waals surface area contributed by atoms with Gasteiger partial charge in [-0.05, 0) is 54.7 Å². The Balaban J connectivity index is 1.78. The molecule has 0 saturated heterocycles. The topological polar surface area (TPSA) is 107 Å². The van der Waals surface area contributed by atoms with Crippen molar-refractivity contribution in [3.8, 4) is 12.1 Å². The molecule has 2 aromatic rings. The highest BCUT2D eigenvalue weighted by atomic mass is 32.1. The summed E-state index contributed by atoms with van der Waals surface area (Å²) in [6, 6.07) is 8.46. The van der Waals surface area contributed by atoms with Gasteiger partial charge in [0, 0.05) is 35.0 Å². The van der Waals surface area contributed by atoms with Crippen LogP contribution in [0.2, 0.25) is 0 Å². The van der Waals surface area contributed by atoms with Gasteiger partial charge in [-0.25, -0.2) is 0 Å². The third-order valence-electron chi connectivity index (χ3n) is 7.12. The van der Waals surface area contributed by atoms with Crippen molar-refractivity contribution in [2.75, 3.05) is 4.90 Å². The van der Waals surface area contributed by atoms with Gasteiger partial charge in [0.2, 0.25) is 0 Å². The maximum Gasteiger partial charge on any atom is 0.162 e. The van der Waals surface area contributed by atoms with Crippen molar-refractivity contribution in [3.05, 3.63) is 68.8 Å². The summed E-state index contributed by atoms with van der Waals surface area (Å²) in [5, 5.41) is 21.2. The van der Waals surface area contributed by atoms with E-state index in [9.17, 15) is 15.3 Å². The number of anilines is 1. The molecular weight excluding hydrogens is 442 g/mol. The highest BCUT2D eigenvalue weighted by Crippen LogP contribution is 2.52. The first kappa shape index (κ1) is 22.4. The van der Waals surface area contributed by atoms with Gasteiger partial charge in [-0.1, -0.05) is 26.3 Å². The molecule has 1 aliphatic heterocycles. The zero-order valence-electron chi connectivity index (χ0n) is 19.5. The summed E-state index contributed by atoms with van der Waals surface area (Å²) in [5.74, 6) is -0.202. The maximum atomic E-state index is 13.6. The van der Waals surface area contributed by atoms with E-state index in [-0.39, 0.29) is 11.2 Å². The van der Waals surface area contributed by atoms with Crippen LogP contribution in [0.4, 0.5) is 5.00 Å². The Labute approximate surface area is 204 Å². The fourth-order valence-corrected chi connectivity index (χ4v) is 7.00. The van der Waals surface area contributed by atoms with Crippen LogP contribution in [-0.2, 0) is 17.6 Å². The molecule has 0 amide bonds. The molecule has 0 bridgehead atoms. The normalized spacial score (nSPS) is 21.9. The van der Waals surface area contributed by atoms with Gasteiger partial charge >= 0.3 is 0 Å². The number of nitrogens with two attached hydrogens (primary N) is 1.